The Hall–Kier alpha value is -3.77. The molecular formula is C39H37IrN2O3S-. The van der Waals surface area contributed by atoms with Crippen LogP contribution in [0, 0.1) is 17.9 Å². The first-order valence-electron chi connectivity index (χ1n) is 15.8. The first kappa shape index (κ1) is 33.6. The summed E-state index contributed by atoms with van der Waals surface area (Å²) in [6, 6.07) is 26.2. The predicted octanol–water partition coefficient (Wildman–Crippen LogP) is 11.4. The van der Waals surface area contributed by atoms with Gasteiger partial charge in [-0.15, -0.1) is 18.2 Å². The van der Waals surface area contributed by atoms with Crippen molar-refractivity contribution in [3.05, 3.63) is 90.8 Å². The summed E-state index contributed by atoms with van der Waals surface area (Å²) in [6.45, 7) is 8.07. The van der Waals surface area contributed by atoms with E-state index in [4.69, 9.17) is 9.40 Å². The zero-order chi connectivity index (χ0) is 31.5. The number of aliphatic imine (C=N–C) groups is 1. The molecule has 1 aliphatic heterocycles. The molecule has 6 aromatic rings. The molecule has 0 aliphatic carbocycles. The maximum Gasteiger partial charge on any atom is 0.162 e. The number of carbonyl (C=O) groups excluding carboxylic acids is 1. The van der Waals surface area contributed by atoms with Crippen molar-refractivity contribution in [3.8, 4) is 11.3 Å². The van der Waals surface area contributed by atoms with Gasteiger partial charge in [-0.2, -0.15) is 0 Å². The number of thioether (sulfide) groups is 1. The molecule has 5 nitrogen and oxygen atoms in total. The first-order valence-corrected chi connectivity index (χ1v) is 16.7. The number of nitrogens with zero attached hydrogens (tertiary/aromatic N) is 2. The summed E-state index contributed by atoms with van der Waals surface area (Å²) in [5, 5.41) is 16.5. The van der Waals surface area contributed by atoms with E-state index in [1.54, 1.807) is 11.8 Å². The van der Waals surface area contributed by atoms with Gasteiger partial charge in [0.2, 0.25) is 0 Å². The van der Waals surface area contributed by atoms with Crippen molar-refractivity contribution in [2.75, 3.05) is 0 Å². The standard InChI is InChI=1S/C26H13N2OS.C13H24O2.Ir/c1-2-7-17-15(5-1)11-12-27-23(17)19-9-4-8-18-20-13-16-6-3-10-21-22(16)26(30-14-28-21)25(20)29-24(18)19;1-5-10(6-2)12(14)9-13(15)11(7-3)8-4;/h1-8,10-14H;9-11,14H,5-8H2,1-4H3;/q-1;;/b;12-9-;. The monoisotopic (exact) mass is 806 g/mol. The Morgan fingerprint density at radius 2 is 1.63 bits per heavy atom. The van der Waals surface area contributed by atoms with Crippen molar-refractivity contribution in [2.24, 2.45) is 16.8 Å². The second-order valence-electron chi connectivity index (χ2n) is 11.4. The number of hydrogen-bond donors (Lipinski definition) is 1. The molecule has 0 amide bonds. The predicted molar refractivity (Wildman–Crippen MR) is 189 cm³/mol. The van der Waals surface area contributed by atoms with Crippen LogP contribution in [0.15, 0.2) is 99.1 Å². The summed E-state index contributed by atoms with van der Waals surface area (Å²) >= 11 is 1.62. The fraction of sp³-hybridized carbons (Fsp3) is 0.256. The van der Waals surface area contributed by atoms with Crippen molar-refractivity contribution < 1.29 is 34.4 Å². The van der Waals surface area contributed by atoms with Crippen molar-refractivity contribution in [3.63, 3.8) is 0 Å². The van der Waals surface area contributed by atoms with Crippen LogP contribution < -0.4 is 0 Å². The van der Waals surface area contributed by atoms with Gasteiger partial charge in [-0.1, -0.05) is 86.8 Å². The minimum absolute atomic E-state index is 0. The van der Waals surface area contributed by atoms with Crippen LogP contribution in [0.1, 0.15) is 53.4 Å². The number of pyridine rings is 1. The molecule has 1 N–H and O–H groups in total. The topological polar surface area (TPSA) is 75.7 Å². The zero-order valence-electron chi connectivity index (χ0n) is 26.5. The molecule has 2 aromatic heterocycles. The van der Waals surface area contributed by atoms with Gasteiger partial charge in [0, 0.05) is 55.0 Å². The van der Waals surface area contributed by atoms with Crippen LogP contribution >= 0.6 is 11.8 Å². The van der Waals surface area contributed by atoms with Gasteiger partial charge < -0.3 is 14.5 Å². The normalized spacial score (nSPS) is 12.6. The molecule has 1 aliphatic rings. The van der Waals surface area contributed by atoms with E-state index in [2.05, 4.69) is 53.5 Å². The summed E-state index contributed by atoms with van der Waals surface area (Å²) in [5.74, 6) is 0.547. The number of fused-ring (bicyclic) bond motifs is 5. The molecule has 0 unspecified atom stereocenters. The van der Waals surface area contributed by atoms with Gasteiger partial charge in [-0.05, 0) is 65.7 Å². The number of allylic oxidation sites excluding steroid dienone is 2. The van der Waals surface area contributed by atoms with Crippen LogP contribution in [0.5, 0.6) is 0 Å². The molecule has 0 fully saturated rings. The number of aromatic nitrogens is 1. The fourth-order valence-corrected chi connectivity index (χ4v) is 7.09. The number of ketones is 1. The molecule has 0 saturated heterocycles. The number of hydrogen-bond acceptors (Lipinski definition) is 6. The van der Waals surface area contributed by atoms with Crippen molar-refractivity contribution >= 4 is 72.3 Å². The molecule has 7 heteroatoms. The molecule has 46 heavy (non-hydrogen) atoms. The average molecular weight is 806 g/mol. The molecule has 1 radical (unpaired) electrons. The molecule has 0 atom stereocenters. The van der Waals surface area contributed by atoms with Crippen molar-refractivity contribution in [2.45, 2.75) is 58.3 Å². The Balaban J connectivity index is 0.000000225. The smallest absolute Gasteiger partial charge is 0.162 e. The summed E-state index contributed by atoms with van der Waals surface area (Å²) in [7, 11) is 0. The third kappa shape index (κ3) is 6.29. The van der Waals surface area contributed by atoms with Gasteiger partial charge in [-0.25, -0.2) is 4.99 Å². The van der Waals surface area contributed by atoms with Gasteiger partial charge in [0.1, 0.15) is 5.58 Å². The maximum absolute atomic E-state index is 11.7. The summed E-state index contributed by atoms with van der Waals surface area (Å²) < 4.78 is 6.55. The number of aliphatic hydroxyl groups excluding tert-OH is 1. The Labute approximate surface area is 287 Å². The Bertz CT molecular complexity index is 2090. The third-order valence-corrected chi connectivity index (χ3v) is 9.69. The van der Waals surface area contributed by atoms with Gasteiger partial charge in [0.05, 0.1) is 27.5 Å². The summed E-state index contributed by atoms with van der Waals surface area (Å²) in [5.41, 5.74) is 6.40. The molecule has 7 rings (SSSR count). The van der Waals surface area contributed by atoms with Crippen LogP contribution in [0.4, 0.5) is 5.69 Å². The molecular weight excluding hydrogens is 769 g/mol. The molecule has 4 aromatic carbocycles. The van der Waals surface area contributed by atoms with E-state index in [1.807, 2.05) is 63.7 Å². The van der Waals surface area contributed by atoms with Crippen LogP contribution in [0.25, 0.3) is 54.7 Å². The number of benzene rings is 4. The van der Waals surface area contributed by atoms with E-state index < -0.39 is 0 Å². The van der Waals surface area contributed by atoms with Crippen molar-refractivity contribution in [1.82, 2.24) is 4.98 Å². The SMILES string of the molecule is CCC(CC)C(=O)/C=C(\O)C(CC)CC.[Ir].[c-]1ccc2c(oc3c4c5c(cccc5cc32)N=CS4)c1-c1nccc2ccccc12. The Morgan fingerprint density at radius 1 is 0.891 bits per heavy atom. The van der Waals surface area contributed by atoms with Gasteiger partial charge in [0.25, 0.3) is 0 Å². The van der Waals surface area contributed by atoms with E-state index in [1.165, 1.54) is 11.5 Å². The zero-order valence-corrected chi connectivity index (χ0v) is 29.7. The van der Waals surface area contributed by atoms with Gasteiger partial charge in [0.15, 0.2) is 5.78 Å². The first-order chi connectivity index (χ1) is 22.0. The molecule has 0 saturated carbocycles. The van der Waals surface area contributed by atoms with E-state index >= 15 is 0 Å². The van der Waals surface area contributed by atoms with Gasteiger partial charge >= 0.3 is 0 Å². The Kier molecular flexibility index (Phi) is 10.8. The van der Waals surface area contributed by atoms with Crippen LogP contribution in [-0.4, -0.2) is 21.4 Å². The van der Waals surface area contributed by atoms with Crippen LogP contribution in [-0.2, 0) is 24.9 Å². The maximum atomic E-state index is 11.7. The minimum atomic E-state index is 0. The average Bonchev–Trinajstić information content (AvgIpc) is 3.45. The third-order valence-electron chi connectivity index (χ3n) is 8.85. The van der Waals surface area contributed by atoms with Gasteiger partial charge in [-0.3, -0.25) is 4.79 Å². The quantitative estimate of drug-likeness (QED) is 0.0942. The molecule has 0 spiro atoms. The minimum Gasteiger partial charge on any atom is -0.512 e. The summed E-state index contributed by atoms with van der Waals surface area (Å²) in [6.07, 6.45) is 6.76. The largest absolute Gasteiger partial charge is 0.512 e. The molecule has 0 bridgehead atoms. The number of rotatable bonds is 8. The van der Waals surface area contributed by atoms with Crippen molar-refractivity contribution in [1.29, 1.82) is 0 Å². The van der Waals surface area contributed by atoms with E-state index in [-0.39, 0.29) is 43.5 Å². The molecule has 3 heterocycles. The second-order valence-corrected chi connectivity index (χ2v) is 12.2. The summed E-state index contributed by atoms with van der Waals surface area (Å²) in [4.78, 5) is 22.1. The van der Waals surface area contributed by atoms with E-state index in [9.17, 15) is 9.90 Å². The number of aliphatic hydroxyl groups is 1. The van der Waals surface area contributed by atoms with Crippen LogP contribution in [0.2, 0.25) is 0 Å². The number of furan rings is 1. The van der Waals surface area contributed by atoms with E-state index in [0.29, 0.717) is 0 Å². The fourth-order valence-electron chi connectivity index (χ4n) is 6.22. The van der Waals surface area contributed by atoms with E-state index in [0.717, 1.165) is 85.6 Å². The second kappa shape index (κ2) is 14.8. The Morgan fingerprint density at radius 3 is 2.39 bits per heavy atom. The molecule has 237 valence electrons. The van der Waals surface area contributed by atoms with Crippen LogP contribution in [0.3, 0.4) is 0 Å². The number of carbonyl (C=O) groups is 1.